The summed E-state index contributed by atoms with van der Waals surface area (Å²) in [4.78, 5) is 12.8. The van der Waals surface area contributed by atoms with Gasteiger partial charge < -0.3 is 10.1 Å². The average Bonchev–Trinajstić information content (AvgIpc) is 2.64. The van der Waals surface area contributed by atoms with E-state index in [0.717, 1.165) is 0 Å². The number of ether oxygens (including phenoxy) is 1. The van der Waals surface area contributed by atoms with Gasteiger partial charge >= 0.3 is 0 Å². The molecule has 28 heavy (non-hydrogen) atoms. The zero-order valence-electron chi connectivity index (χ0n) is 16.4. The molecule has 0 radical (unpaired) electrons. The number of rotatable bonds is 8. The van der Waals surface area contributed by atoms with Crippen molar-refractivity contribution in [2.24, 2.45) is 0 Å². The second-order valence-corrected chi connectivity index (χ2v) is 9.01. The molecule has 0 heterocycles. The monoisotopic (exact) mass is 424 g/mol. The highest BCUT2D eigenvalue weighted by Crippen LogP contribution is 2.23. The molecule has 2 aromatic rings. The average molecular weight is 425 g/mol. The van der Waals surface area contributed by atoms with Crippen molar-refractivity contribution in [3.8, 4) is 5.75 Å². The van der Waals surface area contributed by atoms with Crippen molar-refractivity contribution in [1.82, 2.24) is 4.31 Å². The summed E-state index contributed by atoms with van der Waals surface area (Å²) < 4.78 is 32.2. The Morgan fingerprint density at radius 1 is 1.04 bits per heavy atom. The Kier molecular flexibility index (Phi) is 7.09. The smallest absolute Gasteiger partial charge is 0.267 e. The molecule has 0 unspecified atom stereocenters. The van der Waals surface area contributed by atoms with Gasteiger partial charge in [-0.3, -0.25) is 4.79 Å². The molecule has 0 bridgehead atoms. The highest BCUT2D eigenvalue weighted by atomic mass is 35.5. The third kappa shape index (κ3) is 5.25. The third-order valence-corrected chi connectivity index (χ3v) is 6.50. The summed E-state index contributed by atoms with van der Waals surface area (Å²) in [6, 6.07) is 12.8. The second kappa shape index (κ2) is 8.94. The van der Waals surface area contributed by atoms with Crippen molar-refractivity contribution in [2.45, 2.75) is 38.2 Å². The summed E-state index contributed by atoms with van der Waals surface area (Å²) in [6.45, 7) is 7.67. The molecule has 0 spiro atoms. The summed E-state index contributed by atoms with van der Waals surface area (Å²) in [7, 11) is -3.53. The molecular weight excluding hydrogens is 400 g/mol. The van der Waals surface area contributed by atoms with Gasteiger partial charge in [-0.15, -0.1) is 0 Å². The van der Waals surface area contributed by atoms with Crippen LogP contribution in [0.4, 0.5) is 5.69 Å². The lowest BCUT2D eigenvalue weighted by molar-refractivity contribution is -0.128. The summed E-state index contributed by atoms with van der Waals surface area (Å²) in [5.74, 6) is 0.159. The predicted octanol–water partition coefficient (Wildman–Crippen LogP) is 4.17. The van der Waals surface area contributed by atoms with E-state index >= 15 is 0 Å². The molecule has 1 N–H and O–H groups in total. The normalized spacial score (nSPS) is 12.1. The quantitative estimate of drug-likeness (QED) is 0.690. The number of carbonyl (C=O) groups is 1. The minimum absolute atomic E-state index is 0.186. The minimum atomic E-state index is -3.53. The number of sulfonamides is 1. The van der Waals surface area contributed by atoms with Crippen LogP contribution in [0.25, 0.3) is 0 Å². The lowest BCUT2D eigenvalue weighted by atomic mass is 10.1. The van der Waals surface area contributed by atoms with E-state index in [1.807, 2.05) is 0 Å². The number of amides is 1. The molecule has 2 aromatic carbocycles. The van der Waals surface area contributed by atoms with Gasteiger partial charge in [-0.05, 0) is 62.4 Å². The summed E-state index contributed by atoms with van der Waals surface area (Å²) in [5, 5.41) is 3.33. The predicted molar refractivity (Wildman–Crippen MR) is 111 cm³/mol. The summed E-state index contributed by atoms with van der Waals surface area (Å²) in [6.07, 6.45) is 0. The van der Waals surface area contributed by atoms with E-state index < -0.39 is 15.6 Å². The molecule has 0 aliphatic carbocycles. The number of nitrogens with zero attached hydrogens (tertiary/aromatic N) is 1. The van der Waals surface area contributed by atoms with Gasteiger partial charge in [-0.2, -0.15) is 4.31 Å². The van der Waals surface area contributed by atoms with Crippen LogP contribution >= 0.6 is 11.6 Å². The highest BCUT2D eigenvalue weighted by molar-refractivity contribution is 7.89. The maximum absolute atomic E-state index is 12.6. The van der Waals surface area contributed by atoms with Gasteiger partial charge in [0.1, 0.15) is 5.75 Å². The highest BCUT2D eigenvalue weighted by Gasteiger charge is 2.30. The third-order valence-electron chi connectivity index (χ3n) is 4.19. The molecule has 8 heteroatoms. The van der Waals surface area contributed by atoms with Crippen molar-refractivity contribution in [1.29, 1.82) is 0 Å². The standard InChI is InChI=1S/C20H25ClN2O4S/c1-5-23(6-2)28(25,26)18-13-9-16(10-14-18)22-19(24)20(3,4)27-17-11-7-15(21)8-12-17/h7-14H,5-6H2,1-4H3,(H,22,24). The van der Waals surface area contributed by atoms with Crippen LogP contribution in [0.5, 0.6) is 5.75 Å². The van der Waals surface area contributed by atoms with Crippen LogP contribution < -0.4 is 10.1 Å². The fraction of sp³-hybridized carbons (Fsp3) is 0.350. The number of benzene rings is 2. The minimum Gasteiger partial charge on any atom is -0.478 e. The maximum Gasteiger partial charge on any atom is 0.267 e. The Bertz CT molecular complexity index is 906. The largest absolute Gasteiger partial charge is 0.478 e. The zero-order valence-corrected chi connectivity index (χ0v) is 18.0. The van der Waals surface area contributed by atoms with Crippen LogP contribution in [0.1, 0.15) is 27.7 Å². The maximum atomic E-state index is 12.6. The van der Waals surface area contributed by atoms with Gasteiger partial charge in [0.25, 0.3) is 5.91 Å². The lowest BCUT2D eigenvalue weighted by Crippen LogP contribution is -2.42. The van der Waals surface area contributed by atoms with Crippen molar-refractivity contribution in [3.63, 3.8) is 0 Å². The first kappa shape index (κ1) is 22.2. The molecule has 0 aliphatic rings. The van der Waals surface area contributed by atoms with E-state index in [1.54, 1.807) is 64.1 Å². The second-order valence-electron chi connectivity index (χ2n) is 6.63. The van der Waals surface area contributed by atoms with Crippen LogP contribution in [0, 0.1) is 0 Å². The summed E-state index contributed by atoms with van der Waals surface area (Å²) >= 11 is 5.85. The van der Waals surface area contributed by atoms with E-state index in [9.17, 15) is 13.2 Å². The number of halogens is 1. The Morgan fingerprint density at radius 3 is 2.07 bits per heavy atom. The Hall–Kier alpha value is -2.09. The van der Waals surface area contributed by atoms with Gasteiger partial charge in [0.05, 0.1) is 4.90 Å². The van der Waals surface area contributed by atoms with Crippen molar-refractivity contribution < 1.29 is 17.9 Å². The molecule has 0 fully saturated rings. The fourth-order valence-corrected chi connectivity index (χ4v) is 4.13. The van der Waals surface area contributed by atoms with E-state index in [-0.39, 0.29) is 10.8 Å². The topological polar surface area (TPSA) is 75.7 Å². The first-order chi connectivity index (χ1) is 13.1. The summed E-state index contributed by atoms with van der Waals surface area (Å²) in [5.41, 5.74) is -0.656. The van der Waals surface area contributed by atoms with Gasteiger partial charge in [0.15, 0.2) is 5.60 Å². The number of anilines is 1. The van der Waals surface area contributed by atoms with Crippen molar-refractivity contribution in [2.75, 3.05) is 18.4 Å². The van der Waals surface area contributed by atoms with Crippen LogP contribution in [0.15, 0.2) is 53.4 Å². The Balaban J connectivity index is 2.10. The fourth-order valence-electron chi connectivity index (χ4n) is 2.55. The molecule has 2 rings (SSSR count). The van der Waals surface area contributed by atoms with E-state index in [4.69, 9.17) is 16.3 Å². The Morgan fingerprint density at radius 2 is 1.57 bits per heavy atom. The zero-order chi connectivity index (χ0) is 20.9. The van der Waals surface area contributed by atoms with E-state index in [1.165, 1.54) is 16.4 Å². The molecule has 0 aromatic heterocycles. The molecule has 0 atom stereocenters. The van der Waals surface area contributed by atoms with Gasteiger partial charge in [-0.1, -0.05) is 25.4 Å². The van der Waals surface area contributed by atoms with Crippen molar-refractivity contribution in [3.05, 3.63) is 53.6 Å². The first-order valence-corrected chi connectivity index (χ1v) is 10.8. The van der Waals surface area contributed by atoms with Gasteiger partial charge in [0, 0.05) is 23.8 Å². The molecule has 0 saturated heterocycles. The van der Waals surface area contributed by atoms with Crippen LogP contribution in [-0.2, 0) is 14.8 Å². The van der Waals surface area contributed by atoms with Crippen LogP contribution in [-0.4, -0.2) is 37.3 Å². The van der Waals surface area contributed by atoms with Crippen LogP contribution in [0.2, 0.25) is 5.02 Å². The van der Waals surface area contributed by atoms with Gasteiger partial charge in [-0.25, -0.2) is 8.42 Å². The number of carbonyl (C=O) groups excluding carboxylic acids is 1. The number of nitrogens with one attached hydrogen (secondary N) is 1. The molecule has 0 aliphatic heterocycles. The Labute approximate surface area is 171 Å². The van der Waals surface area contributed by atoms with Crippen molar-refractivity contribution >= 4 is 33.2 Å². The SMILES string of the molecule is CCN(CC)S(=O)(=O)c1ccc(NC(=O)C(C)(C)Oc2ccc(Cl)cc2)cc1. The first-order valence-electron chi connectivity index (χ1n) is 8.96. The molecule has 1 amide bonds. The molecule has 152 valence electrons. The van der Waals surface area contributed by atoms with Crippen LogP contribution in [0.3, 0.4) is 0 Å². The van der Waals surface area contributed by atoms with E-state index in [0.29, 0.717) is 29.5 Å². The lowest BCUT2D eigenvalue weighted by Gasteiger charge is -2.25. The number of hydrogen-bond donors (Lipinski definition) is 1. The molecule has 0 saturated carbocycles. The molecule has 6 nitrogen and oxygen atoms in total. The molecular formula is C20H25ClN2O4S. The van der Waals surface area contributed by atoms with Gasteiger partial charge in [0.2, 0.25) is 10.0 Å². The number of hydrogen-bond acceptors (Lipinski definition) is 4. The van der Waals surface area contributed by atoms with E-state index in [2.05, 4.69) is 5.32 Å².